The number of carboxylic acids is 1. The van der Waals surface area contributed by atoms with Gasteiger partial charge in [0.25, 0.3) is 0 Å². The van der Waals surface area contributed by atoms with Gasteiger partial charge in [0.1, 0.15) is 35.2 Å². The second-order valence-corrected chi connectivity index (χ2v) is 13.3. The molecule has 4 bridgehead atoms. The molecule has 3 N–H and O–H groups in total. The number of fused-ring (bicyclic) bond motifs is 3. The van der Waals surface area contributed by atoms with E-state index in [9.17, 15) is 24.3 Å². The monoisotopic (exact) mass is 696 g/mol. The number of pyridine rings is 1. The van der Waals surface area contributed by atoms with Crippen molar-refractivity contribution in [2.24, 2.45) is 5.92 Å². The van der Waals surface area contributed by atoms with Crippen LogP contribution in [0.3, 0.4) is 0 Å². The van der Waals surface area contributed by atoms with Gasteiger partial charge in [0.15, 0.2) is 0 Å². The lowest BCUT2D eigenvalue weighted by molar-refractivity contribution is -0.145. The molecule has 268 valence electrons. The Hall–Kier alpha value is -5.39. The number of carboxylic acid groups (broad SMARTS) is 1. The number of rotatable bonds is 9. The maximum absolute atomic E-state index is 14.3. The van der Waals surface area contributed by atoms with Gasteiger partial charge in [0.05, 0.1) is 31.5 Å². The SMILES string of the molecule is C=C[C@@H]1C[C@]1(NC(=O)[C@@H]1C[C@@H]2CN1C(=O)[C@H](CCCC)NC(=O)OCCCC=Cc1cc3c(cc(-c4ccccc4)nc3cc1OC)O2)C(=O)O. The summed E-state index contributed by atoms with van der Waals surface area (Å²) in [6, 6.07) is 13.3. The number of cyclic esters (lactones) is 1. The molecule has 2 aliphatic heterocycles. The van der Waals surface area contributed by atoms with Gasteiger partial charge in [-0.3, -0.25) is 9.59 Å². The van der Waals surface area contributed by atoms with Crippen LogP contribution in [-0.2, 0) is 19.1 Å². The van der Waals surface area contributed by atoms with Crippen molar-refractivity contribution >= 4 is 40.9 Å². The minimum atomic E-state index is -1.49. The highest BCUT2D eigenvalue weighted by Crippen LogP contribution is 2.45. The first kappa shape index (κ1) is 35.4. The van der Waals surface area contributed by atoms with E-state index in [4.69, 9.17) is 19.2 Å². The van der Waals surface area contributed by atoms with Gasteiger partial charge in [0, 0.05) is 41.0 Å². The van der Waals surface area contributed by atoms with E-state index >= 15 is 0 Å². The third kappa shape index (κ3) is 7.54. The summed E-state index contributed by atoms with van der Waals surface area (Å²) >= 11 is 0. The molecule has 3 amide bonds. The van der Waals surface area contributed by atoms with Gasteiger partial charge < -0.3 is 34.9 Å². The molecular weight excluding hydrogens is 652 g/mol. The molecule has 51 heavy (non-hydrogen) atoms. The van der Waals surface area contributed by atoms with Crippen LogP contribution in [0.2, 0.25) is 0 Å². The van der Waals surface area contributed by atoms with E-state index in [-0.39, 0.29) is 26.0 Å². The van der Waals surface area contributed by atoms with Crippen LogP contribution in [0.15, 0.2) is 67.3 Å². The molecule has 2 aromatic carbocycles. The first-order valence-corrected chi connectivity index (χ1v) is 17.5. The number of unbranched alkanes of at least 4 members (excludes halogenated alkanes) is 1. The maximum Gasteiger partial charge on any atom is 0.407 e. The number of amides is 3. The van der Waals surface area contributed by atoms with E-state index in [1.165, 1.54) is 11.0 Å². The molecule has 1 saturated carbocycles. The molecule has 12 heteroatoms. The lowest BCUT2D eigenvalue weighted by atomic mass is 10.0. The molecule has 3 heterocycles. The number of alkyl carbamates (subject to hydrolysis) is 1. The number of nitrogens with one attached hydrogen (secondary N) is 2. The van der Waals surface area contributed by atoms with Crippen molar-refractivity contribution in [1.29, 1.82) is 0 Å². The Kier molecular flexibility index (Phi) is 10.6. The number of nitrogens with zero attached hydrogens (tertiary/aromatic N) is 2. The van der Waals surface area contributed by atoms with E-state index in [1.54, 1.807) is 7.11 Å². The number of methoxy groups -OCH3 is 1. The standard InChI is InChI=1S/C39H44N4O8/c1-4-6-16-29-36(45)43-23-27(19-32(43)35(44)42-39(37(46)47)22-26(39)5-2)51-34-20-30(24-13-9-7-10-14-24)40-31-21-33(49-3)25(18-28(31)34)15-11-8-12-17-50-38(48)41-29/h5,7,9-11,13-15,18,20-21,26-27,29,32H,2,4,6,8,12,16-17,19,22-23H2,1,3H3,(H,41,48)(H,42,44)(H,46,47)/t26-,27-,29+,32+,39-/m1/s1. The van der Waals surface area contributed by atoms with Crippen LogP contribution < -0.4 is 20.1 Å². The predicted octanol–water partition coefficient (Wildman–Crippen LogP) is 5.50. The molecule has 12 nitrogen and oxygen atoms in total. The molecule has 1 aromatic heterocycles. The molecule has 3 aliphatic rings. The number of aliphatic carboxylic acids is 1. The molecule has 0 unspecified atom stereocenters. The Bertz CT molecular complexity index is 1850. The molecule has 1 saturated heterocycles. The second-order valence-electron chi connectivity index (χ2n) is 13.3. The number of carbonyl (C=O) groups excluding carboxylic acids is 3. The summed E-state index contributed by atoms with van der Waals surface area (Å²) in [5.41, 5.74) is 1.48. The minimum absolute atomic E-state index is 0.0225. The summed E-state index contributed by atoms with van der Waals surface area (Å²) in [4.78, 5) is 59.8. The van der Waals surface area contributed by atoms with Gasteiger partial charge in [-0.1, -0.05) is 68.3 Å². The zero-order valence-corrected chi connectivity index (χ0v) is 28.9. The van der Waals surface area contributed by atoms with Crippen molar-refractivity contribution in [2.75, 3.05) is 20.3 Å². The zero-order chi connectivity index (χ0) is 36.1. The number of hydrogen-bond donors (Lipinski definition) is 3. The lowest BCUT2D eigenvalue weighted by Gasteiger charge is -2.29. The largest absolute Gasteiger partial charge is 0.496 e. The van der Waals surface area contributed by atoms with Gasteiger partial charge in [-0.05, 0) is 31.7 Å². The van der Waals surface area contributed by atoms with Crippen LogP contribution in [-0.4, -0.2) is 82.9 Å². The molecule has 5 atom stereocenters. The van der Waals surface area contributed by atoms with Crippen molar-refractivity contribution < 1.29 is 38.5 Å². The number of hydrogen-bond acceptors (Lipinski definition) is 8. The third-order valence-corrected chi connectivity index (χ3v) is 9.84. The Morgan fingerprint density at radius 1 is 1.22 bits per heavy atom. The minimum Gasteiger partial charge on any atom is -0.496 e. The molecule has 2 fully saturated rings. The molecule has 6 rings (SSSR count). The Morgan fingerprint density at radius 2 is 2.02 bits per heavy atom. The molecule has 3 aromatic rings. The predicted molar refractivity (Wildman–Crippen MR) is 191 cm³/mol. The van der Waals surface area contributed by atoms with Crippen molar-refractivity contribution in [2.45, 2.75) is 75.6 Å². The second kappa shape index (κ2) is 15.2. The molecular formula is C39H44N4O8. The fourth-order valence-corrected chi connectivity index (χ4v) is 6.90. The van der Waals surface area contributed by atoms with Crippen LogP contribution in [0.5, 0.6) is 11.5 Å². The summed E-state index contributed by atoms with van der Waals surface area (Å²) in [5, 5.41) is 16.2. The summed E-state index contributed by atoms with van der Waals surface area (Å²) in [5.74, 6) is -1.55. The van der Waals surface area contributed by atoms with Crippen LogP contribution >= 0.6 is 0 Å². The highest BCUT2D eigenvalue weighted by atomic mass is 16.5. The van der Waals surface area contributed by atoms with Crippen LogP contribution in [0.25, 0.3) is 28.2 Å². The summed E-state index contributed by atoms with van der Waals surface area (Å²) < 4.78 is 17.9. The van der Waals surface area contributed by atoms with Gasteiger partial charge >= 0.3 is 12.1 Å². The van der Waals surface area contributed by atoms with E-state index in [1.807, 2.05) is 67.6 Å². The van der Waals surface area contributed by atoms with Crippen LogP contribution in [0.1, 0.15) is 57.4 Å². The van der Waals surface area contributed by atoms with Gasteiger partial charge in [-0.25, -0.2) is 14.6 Å². The fourth-order valence-electron chi connectivity index (χ4n) is 6.90. The number of aromatic nitrogens is 1. The molecule has 1 aliphatic carbocycles. The van der Waals surface area contributed by atoms with Crippen molar-refractivity contribution in [3.63, 3.8) is 0 Å². The highest BCUT2D eigenvalue weighted by Gasteiger charge is 2.61. The average Bonchev–Trinajstić information content (AvgIpc) is 3.70. The average molecular weight is 697 g/mol. The van der Waals surface area contributed by atoms with E-state index in [0.29, 0.717) is 48.4 Å². The first-order chi connectivity index (χ1) is 24.7. The first-order valence-electron chi connectivity index (χ1n) is 17.5. The number of allylic oxidation sites excluding steroid dienone is 1. The van der Waals surface area contributed by atoms with E-state index < -0.39 is 53.5 Å². The Labute approximate surface area is 296 Å². The number of ether oxygens (including phenoxy) is 3. The van der Waals surface area contributed by atoms with Crippen molar-refractivity contribution in [1.82, 2.24) is 20.5 Å². The zero-order valence-electron chi connectivity index (χ0n) is 28.9. The Balaban J connectivity index is 1.43. The third-order valence-electron chi connectivity index (χ3n) is 9.84. The fraction of sp³-hybridized carbons (Fsp3) is 0.410. The lowest BCUT2D eigenvalue weighted by Crippen LogP contribution is -2.56. The molecule has 0 radical (unpaired) electrons. The number of carbonyl (C=O) groups is 4. The smallest absolute Gasteiger partial charge is 0.407 e. The van der Waals surface area contributed by atoms with Crippen molar-refractivity contribution in [3.8, 4) is 22.8 Å². The van der Waals surface area contributed by atoms with Gasteiger partial charge in [-0.2, -0.15) is 0 Å². The summed E-state index contributed by atoms with van der Waals surface area (Å²) in [7, 11) is 1.60. The van der Waals surface area contributed by atoms with Crippen LogP contribution in [0.4, 0.5) is 4.79 Å². The van der Waals surface area contributed by atoms with E-state index in [0.717, 1.165) is 22.9 Å². The van der Waals surface area contributed by atoms with Crippen molar-refractivity contribution in [3.05, 3.63) is 72.8 Å². The topological polar surface area (TPSA) is 156 Å². The summed E-state index contributed by atoms with van der Waals surface area (Å²) in [6.45, 7) is 5.86. The highest BCUT2D eigenvalue weighted by molar-refractivity contribution is 5.96. The maximum atomic E-state index is 14.3. The molecule has 0 spiro atoms. The normalized spacial score (nSPS) is 24.9. The van der Waals surface area contributed by atoms with E-state index in [2.05, 4.69) is 17.2 Å². The van der Waals surface area contributed by atoms with Crippen LogP contribution in [0, 0.1) is 5.92 Å². The van der Waals surface area contributed by atoms with Gasteiger partial charge in [0.2, 0.25) is 11.8 Å². The quantitative estimate of drug-likeness (QED) is 0.246. The Morgan fingerprint density at radius 3 is 2.73 bits per heavy atom. The van der Waals surface area contributed by atoms with Gasteiger partial charge in [-0.15, -0.1) is 6.58 Å². The number of benzene rings is 2. The summed E-state index contributed by atoms with van der Waals surface area (Å²) in [6.07, 6.45) is 7.28.